The number of aliphatic hydroxyl groups is 2. The molecular weight excluding hydrogens is 394 g/mol. The summed E-state index contributed by atoms with van der Waals surface area (Å²) < 4.78 is 27.2. The number of halogens is 1. The van der Waals surface area contributed by atoms with Crippen molar-refractivity contribution in [2.75, 3.05) is 6.61 Å². The fraction of sp³-hybridized carbons (Fsp3) is 0.278. The summed E-state index contributed by atoms with van der Waals surface area (Å²) in [6.45, 7) is 0.650. The maximum absolute atomic E-state index is 13.1. The molecule has 0 aromatic heterocycles. The number of hydrogen-bond acceptors (Lipinski definition) is 5. The molecule has 9 heteroatoms. The van der Waals surface area contributed by atoms with Crippen molar-refractivity contribution in [2.24, 2.45) is 0 Å². The van der Waals surface area contributed by atoms with Gasteiger partial charge in [0.2, 0.25) is 10.0 Å². The third kappa shape index (κ3) is 5.06. The van der Waals surface area contributed by atoms with E-state index in [1.54, 1.807) is 0 Å². The number of carboxylic acids is 1. The smallest absolute Gasteiger partial charge is 0.335 e. The van der Waals surface area contributed by atoms with E-state index in [1.807, 2.05) is 0 Å². The average molecular weight is 414 g/mol. The topological polar surface area (TPSA) is 115 Å². The molecule has 0 unspecified atom stereocenters. The molecule has 0 spiro atoms. The number of aliphatic hydroxyl groups excluding tert-OH is 2. The molecule has 0 bridgehead atoms. The van der Waals surface area contributed by atoms with Gasteiger partial charge in [0, 0.05) is 11.6 Å². The van der Waals surface area contributed by atoms with Crippen molar-refractivity contribution in [3.05, 3.63) is 64.7 Å². The predicted molar refractivity (Wildman–Crippen MR) is 100 cm³/mol. The van der Waals surface area contributed by atoms with Crippen LogP contribution in [0.25, 0.3) is 0 Å². The summed E-state index contributed by atoms with van der Waals surface area (Å²) in [5.41, 5.74) is 0.580. The third-order valence-corrected chi connectivity index (χ3v) is 6.21. The van der Waals surface area contributed by atoms with Crippen LogP contribution in [0.1, 0.15) is 22.8 Å². The van der Waals surface area contributed by atoms with E-state index in [2.05, 4.69) is 0 Å². The van der Waals surface area contributed by atoms with Crippen molar-refractivity contribution in [3.63, 3.8) is 0 Å². The van der Waals surface area contributed by atoms with E-state index in [0.29, 0.717) is 10.6 Å². The highest BCUT2D eigenvalue weighted by Gasteiger charge is 2.34. The van der Waals surface area contributed by atoms with Gasteiger partial charge in [0.25, 0.3) is 0 Å². The van der Waals surface area contributed by atoms with Crippen LogP contribution in [0, 0.1) is 0 Å². The molecule has 146 valence electrons. The van der Waals surface area contributed by atoms with Crippen LogP contribution in [0.4, 0.5) is 0 Å². The zero-order valence-corrected chi connectivity index (χ0v) is 16.1. The zero-order chi connectivity index (χ0) is 20.2. The summed E-state index contributed by atoms with van der Waals surface area (Å²) in [5, 5.41) is 29.0. The molecule has 2 aromatic carbocycles. The van der Waals surface area contributed by atoms with Gasteiger partial charge in [0.1, 0.15) is 0 Å². The monoisotopic (exact) mass is 413 g/mol. The lowest BCUT2D eigenvalue weighted by atomic mass is 10.1. The Hall–Kier alpha value is -1.97. The number of sulfonamides is 1. The molecule has 2 rings (SSSR count). The Morgan fingerprint density at radius 1 is 1.11 bits per heavy atom. The lowest BCUT2D eigenvalue weighted by Crippen LogP contribution is -2.47. The quantitative estimate of drug-likeness (QED) is 0.609. The number of carbonyl (C=O) groups is 1. The second-order valence-electron chi connectivity index (χ2n) is 6.00. The van der Waals surface area contributed by atoms with E-state index in [0.717, 1.165) is 4.31 Å². The highest BCUT2D eigenvalue weighted by Crippen LogP contribution is 2.24. The highest BCUT2D eigenvalue weighted by atomic mass is 35.5. The number of benzene rings is 2. The van der Waals surface area contributed by atoms with Gasteiger partial charge in [-0.25, -0.2) is 13.2 Å². The van der Waals surface area contributed by atoms with Crippen LogP contribution in [0.5, 0.6) is 0 Å². The maximum atomic E-state index is 13.1. The molecule has 0 saturated heterocycles. The van der Waals surface area contributed by atoms with Crippen LogP contribution in [0.3, 0.4) is 0 Å². The van der Waals surface area contributed by atoms with Crippen molar-refractivity contribution < 1.29 is 28.5 Å². The van der Waals surface area contributed by atoms with Gasteiger partial charge in [-0.15, -0.1) is 0 Å². The van der Waals surface area contributed by atoms with Gasteiger partial charge >= 0.3 is 5.97 Å². The molecule has 0 aliphatic rings. The molecule has 0 amide bonds. The largest absolute Gasteiger partial charge is 0.478 e. The fourth-order valence-electron chi connectivity index (χ4n) is 2.54. The standard InChI is InChI=1S/C18H20ClNO6S/c1-12(22)17(11-21)20(10-13-2-4-14(5-3-13)18(23)24)27(25,26)16-8-6-15(19)7-9-16/h2-9,12,17,21-22H,10-11H2,1H3,(H,23,24)/t12-,17-/m0/s1. The maximum Gasteiger partial charge on any atom is 0.335 e. The van der Waals surface area contributed by atoms with E-state index in [4.69, 9.17) is 16.7 Å². The van der Waals surface area contributed by atoms with Crippen LogP contribution in [-0.2, 0) is 16.6 Å². The van der Waals surface area contributed by atoms with Gasteiger partial charge in [-0.05, 0) is 48.9 Å². The Balaban J connectivity index is 2.44. The van der Waals surface area contributed by atoms with Gasteiger partial charge in [-0.2, -0.15) is 4.31 Å². The van der Waals surface area contributed by atoms with Gasteiger partial charge in [0.05, 0.1) is 29.2 Å². The first kappa shape index (κ1) is 21.3. The molecule has 3 N–H and O–H groups in total. The third-order valence-electron chi connectivity index (χ3n) is 4.07. The number of aromatic carboxylic acids is 1. The molecule has 0 radical (unpaired) electrons. The Labute approximate surface area is 162 Å². The first-order valence-electron chi connectivity index (χ1n) is 8.05. The predicted octanol–water partition coefficient (Wildman–Crippen LogP) is 1.97. The molecule has 0 saturated carbocycles. The SMILES string of the molecule is C[C@H](O)[C@H](CO)N(Cc1ccc(C(=O)O)cc1)S(=O)(=O)c1ccc(Cl)cc1. The minimum atomic E-state index is -4.06. The average Bonchev–Trinajstić information content (AvgIpc) is 2.62. The van der Waals surface area contributed by atoms with Crippen molar-refractivity contribution in [1.82, 2.24) is 4.31 Å². The van der Waals surface area contributed by atoms with Crippen LogP contribution in [-0.4, -0.2) is 52.8 Å². The number of hydrogen-bond donors (Lipinski definition) is 3. The molecule has 0 heterocycles. The Morgan fingerprint density at radius 2 is 1.67 bits per heavy atom. The van der Waals surface area contributed by atoms with E-state index in [1.165, 1.54) is 55.5 Å². The molecule has 2 aromatic rings. The fourth-order valence-corrected chi connectivity index (χ4v) is 4.33. The van der Waals surface area contributed by atoms with Crippen molar-refractivity contribution in [3.8, 4) is 0 Å². The van der Waals surface area contributed by atoms with E-state index < -0.39 is 34.7 Å². The van der Waals surface area contributed by atoms with Crippen molar-refractivity contribution >= 4 is 27.6 Å². The first-order chi connectivity index (χ1) is 12.7. The Kier molecular flexibility index (Phi) is 6.96. The summed E-state index contributed by atoms with van der Waals surface area (Å²) in [6, 6.07) is 10.2. The summed E-state index contributed by atoms with van der Waals surface area (Å²) in [6.07, 6.45) is -1.13. The van der Waals surface area contributed by atoms with E-state index >= 15 is 0 Å². The second-order valence-corrected chi connectivity index (χ2v) is 8.32. The summed E-state index contributed by atoms with van der Waals surface area (Å²) in [4.78, 5) is 10.9. The molecule has 27 heavy (non-hydrogen) atoms. The highest BCUT2D eigenvalue weighted by molar-refractivity contribution is 7.89. The van der Waals surface area contributed by atoms with Crippen molar-refractivity contribution in [1.29, 1.82) is 0 Å². The summed E-state index contributed by atoms with van der Waals surface area (Å²) >= 11 is 5.82. The molecule has 0 aliphatic carbocycles. The lowest BCUT2D eigenvalue weighted by Gasteiger charge is -2.31. The zero-order valence-electron chi connectivity index (χ0n) is 14.5. The normalized spacial score (nSPS) is 14.1. The molecule has 2 atom stereocenters. The van der Waals surface area contributed by atoms with Gasteiger partial charge in [-0.1, -0.05) is 23.7 Å². The molecular formula is C18H20ClNO6S. The summed E-state index contributed by atoms with van der Waals surface area (Å²) in [7, 11) is -4.06. The first-order valence-corrected chi connectivity index (χ1v) is 9.87. The van der Waals surface area contributed by atoms with E-state index in [-0.39, 0.29) is 17.0 Å². The van der Waals surface area contributed by atoms with Crippen LogP contribution in [0.15, 0.2) is 53.4 Å². The van der Waals surface area contributed by atoms with Gasteiger partial charge < -0.3 is 15.3 Å². The number of carboxylic acid groups (broad SMARTS) is 1. The number of rotatable bonds is 8. The van der Waals surface area contributed by atoms with E-state index in [9.17, 15) is 23.4 Å². The van der Waals surface area contributed by atoms with Crippen LogP contribution >= 0.6 is 11.6 Å². The molecule has 0 fully saturated rings. The van der Waals surface area contributed by atoms with Gasteiger partial charge in [-0.3, -0.25) is 0 Å². The minimum absolute atomic E-state index is 0.0341. The second kappa shape index (κ2) is 8.81. The van der Waals surface area contributed by atoms with Crippen LogP contribution in [0.2, 0.25) is 5.02 Å². The molecule has 0 aliphatic heterocycles. The summed E-state index contributed by atoms with van der Waals surface area (Å²) in [5.74, 6) is -1.09. The van der Waals surface area contributed by atoms with Crippen molar-refractivity contribution in [2.45, 2.75) is 30.5 Å². The Bertz CT molecular complexity index is 881. The molecule has 7 nitrogen and oxygen atoms in total. The van der Waals surface area contributed by atoms with Gasteiger partial charge in [0.15, 0.2) is 0 Å². The lowest BCUT2D eigenvalue weighted by molar-refractivity contribution is 0.0616. The van der Waals surface area contributed by atoms with Crippen LogP contribution < -0.4 is 0 Å². The number of nitrogens with zero attached hydrogens (tertiary/aromatic N) is 1. The minimum Gasteiger partial charge on any atom is -0.478 e. The Morgan fingerprint density at radius 3 is 2.11 bits per heavy atom.